The second kappa shape index (κ2) is 5.58. The van der Waals surface area contributed by atoms with E-state index in [1.165, 1.54) is 18.4 Å². The maximum atomic E-state index is 10.4. The minimum absolute atomic E-state index is 0.214. The van der Waals surface area contributed by atoms with Crippen LogP contribution in [0, 0.1) is 11.3 Å². The summed E-state index contributed by atoms with van der Waals surface area (Å²) in [5.41, 5.74) is 0.813. The average molecular weight is 252 g/mol. The molecular formula is C16H28O2. The van der Waals surface area contributed by atoms with Gasteiger partial charge < -0.3 is 9.84 Å². The van der Waals surface area contributed by atoms with Gasteiger partial charge in [-0.25, -0.2) is 0 Å². The maximum Gasteiger partial charge on any atom is 0.109 e. The number of rotatable bonds is 5. The zero-order valence-electron chi connectivity index (χ0n) is 12.3. The fourth-order valence-electron chi connectivity index (χ4n) is 2.97. The van der Waals surface area contributed by atoms with Gasteiger partial charge in [-0.15, -0.1) is 6.58 Å². The van der Waals surface area contributed by atoms with Crippen LogP contribution in [0.1, 0.15) is 46.5 Å². The quantitative estimate of drug-likeness (QED) is 0.756. The molecular weight excluding hydrogens is 224 g/mol. The lowest BCUT2D eigenvalue weighted by molar-refractivity contribution is -0.0711. The molecule has 3 atom stereocenters. The van der Waals surface area contributed by atoms with Crippen LogP contribution in [0.5, 0.6) is 0 Å². The van der Waals surface area contributed by atoms with Crippen LogP contribution < -0.4 is 0 Å². The van der Waals surface area contributed by atoms with Crippen LogP contribution in [0.2, 0.25) is 0 Å². The molecule has 2 heteroatoms. The fraction of sp³-hybridized carbons (Fsp3) is 0.750. The van der Waals surface area contributed by atoms with Gasteiger partial charge in [0.25, 0.3) is 0 Å². The highest BCUT2D eigenvalue weighted by atomic mass is 16.5. The van der Waals surface area contributed by atoms with E-state index in [-0.39, 0.29) is 5.41 Å². The summed E-state index contributed by atoms with van der Waals surface area (Å²) in [7, 11) is 1.62. The van der Waals surface area contributed by atoms with E-state index in [9.17, 15) is 5.11 Å². The Balaban J connectivity index is 2.81. The summed E-state index contributed by atoms with van der Waals surface area (Å²) in [5, 5.41) is 10.4. The Kier molecular flexibility index (Phi) is 4.79. The smallest absolute Gasteiger partial charge is 0.109 e. The van der Waals surface area contributed by atoms with E-state index in [1.807, 2.05) is 6.92 Å². The van der Waals surface area contributed by atoms with E-state index < -0.39 is 11.7 Å². The number of ether oxygens (including phenoxy) is 1. The molecule has 2 nitrogen and oxygen atoms in total. The molecule has 0 aromatic rings. The molecule has 104 valence electrons. The van der Waals surface area contributed by atoms with Crippen LogP contribution in [-0.4, -0.2) is 23.9 Å². The monoisotopic (exact) mass is 252 g/mol. The predicted molar refractivity (Wildman–Crippen MR) is 76.5 cm³/mol. The van der Waals surface area contributed by atoms with Gasteiger partial charge >= 0.3 is 0 Å². The average Bonchev–Trinajstić information content (AvgIpc) is 2.32. The van der Waals surface area contributed by atoms with Gasteiger partial charge in [-0.1, -0.05) is 32.1 Å². The molecule has 1 saturated carbocycles. The number of aliphatic hydroxyl groups excluding tert-OH is 1. The topological polar surface area (TPSA) is 29.5 Å². The summed E-state index contributed by atoms with van der Waals surface area (Å²) in [6.45, 7) is 14.4. The minimum atomic E-state index is -0.673. The van der Waals surface area contributed by atoms with Crippen molar-refractivity contribution in [2.75, 3.05) is 7.11 Å². The first-order chi connectivity index (χ1) is 8.27. The lowest BCUT2D eigenvalue weighted by atomic mass is 9.64. The molecule has 0 radical (unpaired) electrons. The van der Waals surface area contributed by atoms with E-state index in [1.54, 1.807) is 13.2 Å². The van der Waals surface area contributed by atoms with Crippen molar-refractivity contribution in [1.82, 2.24) is 0 Å². The summed E-state index contributed by atoms with van der Waals surface area (Å²) in [6, 6.07) is 0. The van der Waals surface area contributed by atoms with Crippen molar-refractivity contribution in [2.45, 2.75) is 58.2 Å². The van der Waals surface area contributed by atoms with Crippen molar-refractivity contribution in [3.05, 3.63) is 24.8 Å². The molecule has 0 saturated heterocycles. The molecule has 1 aliphatic rings. The van der Waals surface area contributed by atoms with Gasteiger partial charge in [-0.05, 0) is 43.9 Å². The van der Waals surface area contributed by atoms with Crippen LogP contribution >= 0.6 is 0 Å². The highest BCUT2D eigenvalue weighted by Crippen LogP contribution is 2.46. The third-order valence-electron chi connectivity index (χ3n) is 4.72. The van der Waals surface area contributed by atoms with Crippen LogP contribution in [0.3, 0.4) is 0 Å². The predicted octanol–water partition coefficient (Wildman–Crippen LogP) is 3.71. The fourth-order valence-corrected chi connectivity index (χ4v) is 2.97. The third-order valence-corrected chi connectivity index (χ3v) is 4.72. The van der Waals surface area contributed by atoms with Crippen LogP contribution in [0.4, 0.5) is 0 Å². The normalized spacial score (nSPS) is 28.5. The molecule has 1 aliphatic carbocycles. The molecule has 1 N–H and O–H groups in total. The molecule has 0 heterocycles. The molecule has 0 aliphatic heterocycles. The highest BCUT2D eigenvalue weighted by Gasteiger charge is 2.39. The lowest BCUT2D eigenvalue weighted by Crippen LogP contribution is -2.43. The van der Waals surface area contributed by atoms with Gasteiger partial charge in [0.05, 0.1) is 6.10 Å². The van der Waals surface area contributed by atoms with Crippen LogP contribution in [0.25, 0.3) is 0 Å². The Bertz CT molecular complexity index is 319. The Labute approximate surface area is 112 Å². The van der Waals surface area contributed by atoms with Crippen molar-refractivity contribution in [3.8, 4) is 0 Å². The molecule has 1 rings (SSSR count). The molecule has 1 fully saturated rings. The number of hydrogen-bond acceptors (Lipinski definition) is 2. The molecule has 0 spiro atoms. The Morgan fingerprint density at radius 1 is 1.61 bits per heavy atom. The molecule has 18 heavy (non-hydrogen) atoms. The van der Waals surface area contributed by atoms with Crippen molar-refractivity contribution < 1.29 is 9.84 Å². The number of hydrogen-bond donors (Lipinski definition) is 1. The van der Waals surface area contributed by atoms with Gasteiger partial charge in [0.15, 0.2) is 0 Å². The van der Waals surface area contributed by atoms with Gasteiger partial charge in [0.2, 0.25) is 0 Å². The molecule has 3 unspecified atom stereocenters. The lowest BCUT2D eigenvalue weighted by Gasteiger charge is -2.43. The van der Waals surface area contributed by atoms with Crippen LogP contribution in [0.15, 0.2) is 24.8 Å². The van der Waals surface area contributed by atoms with Crippen LogP contribution in [-0.2, 0) is 4.74 Å². The Morgan fingerprint density at radius 2 is 2.22 bits per heavy atom. The van der Waals surface area contributed by atoms with Gasteiger partial charge in [0, 0.05) is 7.11 Å². The van der Waals surface area contributed by atoms with E-state index >= 15 is 0 Å². The number of methoxy groups -OCH3 is 1. The first kappa shape index (κ1) is 15.5. The highest BCUT2D eigenvalue weighted by molar-refractivity contribution is 5.12. The summed E-state index contributed by atoms with van der Waals surface area (Å²) >= 11 is 0. The summed E-state index contributed by atoms with van der Waals surface area (Å²) in [4.78, 5) is 0. The molecule has 0 aromatic heterocycles. The van der Waals surface area contributed by atoms with E-state index in [4.69, 9.17) is 4.74 Å². The molecule has 0 amide bonds. The summed E-state index contributed by atoms with van der Waals surface area (Å²) in [6.07, 6.45) is 5.33. The SMILES string of the molecule is C=CC(C)(OC)C(O)CC1C(=C)CCCC1(C)C. The summed E-state index contributed by atoms with van der Waals surface area (Å²) in [5.74, 6) is 0.357. The second-order valence-corrected chi connectivity index (χ2v) is 6.40. The molecule has 0 bridgehead atoms. The van der Waals surface area contributed by atoms with Gasteiger partial charge in [-0.3, -0.25) is 0 Å². The standard InChI is InChI=1S/C16H28O2/c1-7-16(5,18-6)14(17)11-13-12(2)9-8-10-15(13,3)4/h7,13-14,17H,1-2,8-11H2,3-6H3. The third kappa shape index (κ3) is 3.04. The van der Waals surface area contributed by atoms with E-state index in [0.717, 1.165) is 6.42 Å². The summed E-state index contributed by atoms with van der Waals surface area (Å²) < 4.78 is 5.40. The van der Waals surface area contributed by atoms with Crippen molar-refractivity contribution in [1.29, 1.82) is 0 Å². The first-order valence-electron chi connectivity index (χ1n) is 6.81. The first-order valence-corrected chi connectivity index (χ1v) is 6.81. The Hall–Kier alpha value is -0.600. The van der Waals surface area contributed by atoms with E-state index in [0.29, 0.717) is 12.3 Å². The van der Waals surface area contributed by atoms with E-state index in [2.05, 4.69) is 27.0 Å². The van der Waals surface area contributed by atoms with Crippen molar-refractivity contribution >= 4 is 0 Å². The van der Waals surface area contributed by atoms with Crippen molar-refractivity contribution in [3.63, 3.8) is 0 Å². The zero-order chi connectivity index (χ0) is 14.0. The largest absolute Gasteiger partial charge is 0.390 e. The number of aliphatic hydroxyl groups is 1. The van der Waals surface area contributed by atoms with Crippen molar-refractivity contribution in [2.24, 2.45) is 11.3 Å². The van der Waals surface area contributed by atoms with Gasteiger partial charge in [0.1, 0.15) is 5.60 Å². The molecule has 0 aromatic carbocycles. The maximum absolute atomic E-state index is 10.4. The minimum Gasteiger partial charge on any atom is -0.390 e. The Morgan fingerprint density at radius 3 is 2.67 bits per heavy atom. The van der Waals surface area contributed by atoms with Gasteiger partial charge in [-0.2, -0.15) is 0 Å². The zero-order valence-corrected chi connectivity index (χ0v) is 12.3. The second-order valence-electron chi connectivity index (χ2n) is 6.40. The number of allylic oxidation sites excluding steroid dienone is 1.